The number of carbonyl (C=O) groups is 1. The van der Waals surface area contributed by atoms with Crippen LogP contribution in [0.5, 0.6) is 0 Å². The fraction of sp³-hybridized carbons (Fsp3) is 0.435. The Morgan fingerprint density at radius 3 is 2.71 bits per heavy atom. The molecule has 5 rings (SSSR count). The number of hydrogen-bond donors (Lipinski definition) is 0. The predicted molar refractivity (Wildman–Crippen MR) is 98.5 cm³/mol. The first-order chi connectivity index (χ1) is 11.6. The zero-order valence-electron chi connectivity index (χ0n) is 14.6. The lowest BCUT2D eigenvalue weighted by Gasteiger charge is -2.38. The van der Waals surface area contributed by atoms with E-state index in [0.717, 1.165) is 31.2 Å². The van der Waals surface area contributed by atoms with Gasteiger partial charge in [0.25, 0.3) is 0 Å². The van der Waals surface area contributed by atoms with E-state index in [9.17, 15) is 4.79 Å². The highest BCUT2D eigenvalue weighted by Gasteiger charge is 2.53. The Kier molecular flexibility index (Phi) is 2.90. The maximum absolute atomic E-state index is 13.4. The van der Waals surface area contributed by atoms with Gasteiger partial charge in [0.15, 0.2) is 5.78 Å². The van der Waals surface area contributed by atoms with Crippen LogP contribution in [0.1, 0.15) is 66.9 Å². The number of allylic oxidation sites excluding steroid dienone is 2. The number of ketones is 1. The molecule has 24 heavy (non-hydrogen) atoms. The van der Waals surface area contributed by atoms with Crippen LogP contribution < -0.4 is 0 Å². The molecular weight excluding hydrogens is 292 g/mol. The lowest BCUT2D eigenvalue weighted by molar-refractivity contribution is 0.0671. The Labute approximate surface area is 143 Å². The monoisotopic (exact) mass is 316 g/mol. The van der Waals surface area contributed by atoms with Crippen LogP contribution in [0.15, 0.2) is 42.0 Å². The second-order valence-electron chi connectivity index (χ2n) is 8.43. The molecule has 2 aromatic rings. The lowest BCUT2D eigenvalue weighted by Crippen LogP contribution is -2.39. The van der Waals surface area contributed by atoms with E-state index in [2.05, 4.69) is 50.3 Å². The molecular formula is C23H24O. The number of fused-ring (bicyclic) bond motifs is 5. The van der Waals surface area contributed by atoms with Gasteiger partial charge in [-0.1, -0.05) is 49.8 Å². The molecule has 2 aromatic carbocycles. The van der Waals surface area contributed by atoms with E-state index in [1.54, 1.807) is 5.57 Å². The normalized spacial score (nSPS) is 28.0. The van der Waals surface area contributed by atoms with Crippen molar-refractivity contribution in [2.75, 3.05) is 0 Å². The first kappa shape index (κ1) is 14.5. The zero-order chi connectivity index (χ0) is 16.5. The van der Waals surface area contributed by atoms with Gasteiger partial charge in [0.1, 0.15) is 0 Å². The van der Waals surface area contributed by atoms with Crippen molar-refractivity contribution in [3.05, 3.63) is 58.7 Å². The molecule has 2 bridgehead atoms. The molecule has 0 radical (unpaired) electrons. The van der Waals surface area contributed by atoms with E-state index in [1.807, 2.05) is 0 Å². The summed E-state index contributed by atoms with van der Waals surface area (Å²) in [5.74, 6) is 1.55. The summed E-state index contributed by atoms with van der Waals surface area (Å²) in [6.07, 6.45) is 7.82. The third-order valence-corrected chi connectivity index (χ3v) is 6.81. The first-order valence-electron chi connectivity index (χ1n) is 9.36. The minimum absolute atomic E-state index is 0.0668. The fourth-order valence-electron chi connectivity index (χ4n) is 5.35. The van der Waals surface area contributed by atoms with Crippen LogP contribution in [0.4, 0.5) is 0 Å². The molecule has 1 fully saturated rings. The van der Waals surface area contributed by atoms with Gasteiger partial charge in [0.05, 0.1) is 0 Å². The van der Waals surface area contributed by atoms with Crippen molar-refractivity contribution < 1.29 is 4.79 Å². The average molecular weight is 316 g/mol. The summed E-state index contributed by atoms with van der Waals surface area (Å²) in [5, 5.41) is 2.50. The minimum atomic E-state index is -0.0668. The fourth-order valence-corrected chi connectivity index (χ4v) is 5.35. The highest BCUT2D eigenvalue weighted by atomic mass is 16.1. The number of carbonyl (C=O) groups excluding carboxylic acids is 1. The summed E-state index contributed by atoms with van der Waals surface area (Å²) in [6, 6.07) is 11.2. The Morgan fingerprint density at radius 2 is 2.00 bits per heavy atom. The molecule has 0 aromatic heterocycles. The van der Waals surface area contributed by atoms with Crippen LogP contribution >= 0.6 is 0 Å². The molecule has 122 valence electrons. The number of hydrogen-bond acceptors (Lipinski definition) is 1. The van der Waals surface area contributed by atoms with Gasteiger partial charge >= 0.3 is 0 Å². The Morgan fingerprint density at radius 1 is 1.12 bits per heavy atom. The molecule has 0 heterocycles. The maximum atomic E-state index is 13.4. The number of Topliss-reactive ketones (excluding diaryl/α,β-unsaturated/α-hetero) is 1. The van der Waals surface area contributed by atoms with Gasteiger partial charge in [-0.3, -0.25) is 4.79 Å². The third kappa shape index (κ3) is 1.84. The van der Waals surface area contributed by atoms with Gasteiger partial charge in [-0.05, 0) is 71.9 Å². The van der Waals surface area contributed by atoms with Crippen molar-refractivity contribution in [1.82, 2.24) is 0 Å². The highest BCUT2D eigenvalue weighted by Crippen LogP contribution is 2.58. The summed E-state index contributed by atoms with van der Waals surface area (Å²) in [5.41, 5.74) is 5.14. The number of benzene rings is 2. The summed E-state index contributed by atoms with van der Waals surface area (Å²) in [7, 11) is 0. The lowest BCUT2D eigenvalue weighted by atomic mass is 9.63. The maximum Gasteiger partial charge on any atom is 0.169 e. The van der Waals surface area contributed by atoms with Gasteiger partial charge in [0.2, 0.25) is 0 Å². The van der Waals surface area contributed by atoms with E-state index in [0.29, 0.717) is 17.6 Å². The van der Waals surface area contributed by atoms with Crippen molar-refractivity contribution >= 4 is 16.6 Å². The summed E-state index contributed by atoms with van der Waals surface area (Å²) in [6.45, 7) is 4.47. The molecule has 0 amide bonds. The molecule has 0 N–H and O–H groups in total. The molecule has 1 nitrogen and oxygen atoms in total. The molecule has 0 saturated heterocycles. The topological polar surface area (TPSA) is 17.1 Å². The molecule has 2 atom stereocenters. The first-order valence-corrected chi connectivity index (χ1v) is 9.36. The summed E-state index contributed by atoms with van der Waals surface area (Å²) >= 11 is 0. The van der Waals surface area contributed by atoms with E-state index in [4.69, 9.17) is 0 Å². The van der Waals surface area contributed by atoms with E-state index >= 15 is 0 Å². The van der Waals surface area contributed by atoms with Crippen molar-refractivity contribution in [2.45, 2.75) is 51.9 Å². The molecule has 1 spiro atoms. The van der Waals surface area contributed by atoms with Crippen molar-refractivity contribution in [3.8, 4) is 0 Å². The van der Waals surface area contributed by atoms with Crippen LogP contribution in [0, 0.1) is 11.3 Å². The van der Waals surface area contributed by atoms with Gasteiger partial charge in [-0.25, -0.2) is 0 Å². The zero-order valence-corrected chi connectivity index (χ0v) is 14.6. The second kappa shape index (κ2) is 4.81. The van der Waals surface area contributed by atoms with Crippen molar-refractivity contribution in [2.24, 2.45) is 11.3 Å². The third-order valence-electron chi connectivity index (χ3n) is 6.81. The Hall–Kier alpha value is -1.89. The van der Waals surface area contributed by atoms with Crippen molar-refractivity contribution in [1.29, 1.82) is 0 Å². The number of rotatable bonds is 1. The molecule has 0 aliphatic heterocycles. The molecule has 1 heteroatoms. The smallest absolute Gasteiger partial charge is 0.169 e. The Balaban J connectivity index is 1.62. The molecule has 1 saturated carbocycles. The van der Waals surface area contributed by atoms with Crippen LogP contribution in [0.25, 0.3) is 10.8 Å². The summed E-state index contributed by atoms with van der Waals surface area (Å²) in [4.78, 5) is 13.4. The van der Waals surface area contributed by atoms with Crippen LogP contribution in [-0.2, 0) is 6.42 Å². The Bertz CT molecular complexity index is 902. The minimum Gasteiger partial charge on any atom is -0.294 e. The van der Waals surface area contributed by atoms with Crippen LogP contribution in [0.3, 0.4) is 0 Å². The van der Waals surface area contributed by atoms with Crippen LogP contribution in [0.2, 0.25) is 0 Å². The SMILES string of the molecule is CC(C)c1ccc2cc3c(cc2c1)CCC1(CC2=CCC1C2)C3=O. The van der Waals surface area contributed by atoms with Crippen LogP contribution in [-0.4, -0.2) is 5.78 Å². The van der Waals surface area contributed by atoms with E-state index < -0.39 is 0 Å². The highest BCUT2D eigenvalue weighted by molar-refractivity contribution is 6.06. The number of aryl methyl sites for hydroxylation is 1. The largest absolute Gasteiger partial charge is 0.294 e. The van der Waals surface area contributed by atoms with E-state index in [-0.39, 0.29) is 5.41 Å². The average Bonchev–Trinajstić information content (AvgIpc) is 3.18. The molecule has 3 aliphatic rings. The quantitative estimate of drug-likeness (QED) is 0.606. The summed E-state index contributed by atoms with van der Waals surface area (Å²) < 4.78 is 0. The van der Waals surface area contributed by atoms with Gasteiger partial charge in [-0.15, -0.1) is 0 Å². The molecule has 2 unspecified atom stereocenters. The van der Waals surface area contributed by atoms with Gasteiger partial charge in [0, 0.05) is 11.0 Å². The second-order valence-corrected chi connectivity index (χ2v) is 8.43. The predicted octanol–water partition coefficient (Wildman–Crippen LogP) is 5.82. The van der Waals surface area contributed by atoms with Crippen molar-refractivity contribution in [3.63, 3.8) is 0 Å². The van der Waals surface area contributed by atoms with Gasteiger partial charge in [-0.2, -0.15) is 0 Å². The van der Waals surface area contributed by atoms with Gasteiger partial charge < -0.3 is 0 Å². The molecule has 3 aliphatic carbocycles. The standard InChI is InChI=1S/C23H24O/c1-14(2)16-4-5-17-12-21-18(11-19(17)10-16)7-8-23(22(21)24)13-15-3-6-20(23)9-15/h3-5,10-12,14,20H,6-9,13H2,1-2H3. The van der Waals surface area contributed by atoms with E-state index in [1.165, 1.54) is 28.3 Å².